The molecule has 3 N–H and O–H groups in total. The number of nitrogen functional groups attached to an aromatic ring is 1. The number of morpholine rings is 1. The molecule has 1 aromatic carbocycles. The second kappa shape index (κ2) is 5.81. The normalized spacial score (nSPS) is 18.8. The minimum Gasteiger partial charge on any atom is -0.397 e. The summed E-state index contributed by atoms with van der Waals surface area (Å²) in [6.45, 7) is 8.56. The van der Waals surface area contributed by atoms with Gasteiger partial charge in [-0.3, -0.25) is 9.69 Å². The molecule has 1 aromatic rings. The maximum Gasteiger partial charge on any atom is 0.238 e. The molecule has 5 heteroatoms. The molecule has 20 heavy (non-hydrogen) atoms. The number of ether oxygens (including phenoxy) is 1. The highest BCUT2D eigenvalue weighted by molar-refractivity contribution is 5.96. The number of para-hydroxylation sites is 1. The molecule has 1 amide bonds. The van der Waals surface area contributed by atoms with E-state index in [-0.39, 0.29) is 11.5 Å². The third-order valence-electron chi connectivity index (χ3n) is 3.44. The Morgan fingerprint density at radius 2 is 2.25 bits per heavy atom. The smallest absolute Gasteiger partial charge is 0.238 e. The van der Waals surface area contributed by atoms with Gasteiger partial charge in [0.25, 0.3) is 0 Å². The van der Waals surface area contributed by atoms with Crippen molar-refractivity contribution in [2.24, 2.45) is 0 Å². The van der Waals surface area contributed by atoms with Crippen molar-refractivity contribution in [3.05, 3.63) is 23.8 Å². The average Bonchev–Trinajstić information content (AvgIpc) is 2.33. The lowest BCUT2D eigenvalue weighted by molar-refractivity contribution is -0.122. The minimum atomic E-state index is -0.194. The van der Waals surface area contributed by atoms with Crippen LogP contribution in [0.4, 0.5) is 11.4 Å². The van der Waals surface area contributed by atoms with Gasteiger partial charge in [0.2, 0.25) is 5.91 Å². The third-order valence-corrected chi connectivity index (χ3v) is 3.44. The molecule has 5 nitrogen and oxygen atoms in total. The SMILES string of the molecule is Cc1cccc(N)c1NC(=O)CN1CCOC(C)(C)C1. The lowest BCUT2D eigenvalue weighted by Gasteiger charge is -2.37. The first-order valence-electron chi connectivity index (χ1n) is 6.89. The van der Waals surface area contributed by atoms with Crippen molar-refractivity contribution < 1.29 is 9.53 Å². The van der Waals surface area contributed by atoms with Crippen LogP contribution in [0.2, 0.25) is 0 Å². The van der Waals surface area contributed by atoms with E-state index in [1.54, 1.807) is 6.07 Å². The lowest BCUT2D eigenvalue weighted by atomic mass is 10.1. The fourth-order valence-electron chi connectivity index (χ4n) is 2.49. The van der Waals surface area contributed by atoms with Crippen molar-refractivity contribution >= 4 is 17.3 Å². The topological polar surface area (TPSA) is 67.6 Å². The number of anilines is 2. The van der Waals surface area contributed by atoms with E-state index in [0.717, 1.165) is 18.7 Å². The molecule has 0 spiro atoms. The Hall–Kier alpha value is -1.59. The highest BCUT2D eigenvalue weighted by Crippen LogP contribution is 2.22. The number of carbonyl (C=O) groups is 1. The molecule has 1 saturated heterocycles. The first-order valence-corrected chi connectivity index (χ1v) is 6.89. The molecule has 0 radical (unpaired) electrons. The molecular formula is C15H23N3O2. The van der Waals surface area contributed by atoms with E-state index < -0.39 is 0 Å². The van der Waals surface area contributed by atoms with Gasteiger partial charge in [0.15, 0.2) is 0 Å². The summed E-state index contributed by atoms with van der Waals surface area (Å²) in [5.41, 5.74) is 7.99. The molecular weight excluding hydrogens is 254 g/mol. The first-order chi connectivity index (χ1) is 9.37. The summed E-state index contributed by atoms with van der Waals surface area (Å²) in [6, 6.07) is 5.61. The number of nitrogens with one attached hydrogen (secondary N) is 1. The van der Waals surface area contributed by atoms with Gasteiger partial charge in [-0.05, 0) is 32.4 Å². The fourth-order valence-corrected chi connectivity index (χ4v) is 2.49. The molecule has 1 aliphatic heterocycles. The minimum absolute atomic E-state index is 0.0382. The van der Waals surface area contributed by atoms with Crippen molar-refractivity contribution in [1.29, 1.82) is 0 Å². The molecule has 0 aliphatic carbocycles. The second-order valence-electron chi connectivity index (χ2n) is 5.91. The lowest BCUT2D eigenvalue weighted by Crippen LogP contribution is -2.50. The van der Waals surface area contributed by atoms with E-state index in [2.05, 4.69) is 10.2 Å². The third kappa shape index (κ3) is 3.71. The molecule has 0 saturated carbocycles. The van der Waals surface area contributed by atoms with E-state index >= 15 is 0 Å². The van der Waals surface area contributed by atoms with Crippen LogP contribution in [0.1, 0.15) is 19.4 Å². The van der Waals surface area contributed by atoms with Gasteiger partial charge in [0.05, 0.1) is 30.1 Å². The number of aryl methyl sites for hydroxylation is 1. The summed E-state index contributed by atoms with van der Waals surface area (Å²) in [7, 11) is 0. The number of nitrogens with zero attached hydrogens (tertiary/aromatic N) is 1. The number of nitrogens with two attached hydrogens (primary N) is 1. The predicted octanol–water partition coefficient (Wildman–Crippen LogP) is 1.63. The van der Waals surface area contributed by atoms with Gasteiger partial charge in [-0.25, -0.2) is 0 Å². The molecule has 0 unspecified atom stereocenters. The van der Waals surface area contributed by atoms with E-state index in [4.69, 9.17) is 10.5 Å². The molecule has 0 aromatic heterocycles. The summed E-state index contributed by atoms with van der Waals surface area (Å²) in [5.74, 6) is -0.0382. The maximum absolute atomic E-state index is 12.1. The van der Waals surface area contributed by atoms with Gasteiger partial charge < -0.3 is 15.8 Å². The Morgan fingerprint density at radius 1 is 1.50 bits per heavy atom. The predicted molar refractivity (Wildman–Crippen MR) is 80.7 cm³/mol. The summed E-state index contributed by atoms with van der Waals surface area (Å²) in [5, 5.41) is 2.91. The number of hydrogen-bond acceptors (Lipinski definition) is 4. The second-order valence-corrected chi connectivity index (χ2v) is 5.91. The standard InChI is InChI=1S/C15H23N3O2/c1-11-5-4-6-12(16)14(11)17-13(19)9-18-7-8-20-15(2,3)10-18/h4-6H,7-10,16H2,1-3H3,(H,17,19). The zero-order chi connectivity index (χ0) is 14.8. The van der Waals surface area contributed by atoms with Gasteiger partial charge >= 0.3 is 0 Å². The number of carbonyl (C=O) groups excluding carboxylic acids is 1. The number of benzene rings is 1. The van der Waals surface area contributed by atoms with Crippen molar-refractivity contribution in [2.75, 3.05) is 37.3 Å². The Kier molecular flexibility index (Phi) is 4.30. The zero-order valence-corrected chi connectivity index (χ0v) is 12.4. The van der Waals surface area contributed by atoms with Gasteiger partial charge in [0.1, 0.15) is 0 Å². The van der Waals surface area contributed by atoms with Crippen LogP contribution in [0.3, 0.4) is 0 Å². The summed E-state index contributed by atoms with van der Waals surface area (Å²) < 4.78 is 5.64. The van der Waals surface area contributed by atoms with Crippen LogP contribution in [0.25, 0.3) is 0 Å². The molecule has 2 rings (SSSR count). The Labute approximate surface area is 120 Å². The quantitative estimate of drug-likeness (QED) is 0.824. The van der Waals surface area contributed by atoms with Gasteiger partial charge in [0, 0.05) is 13.1 Å². The van der Waals surface area contributed by atoms with Crippen molar-refractivity contribution in [2.45, 2.75) is 26.4 Å². The fraction of sp³-hybridized carbons (Fsp3) is 0.533. The summed E-state index contributed by atoms with van der Waals surface area (Å²) >= 11 is 0. The Bertz CT molecular complexity index is 480. The molecule has 1 aliphatic rings. The number of rotatable bonds is 3. The maximum atomic E-state index is 12.1. The molecule has 0 atom stereocenters. The van der Waals surface area contributed by atoms with E-state index in [9.17, 15) is 4.79 Å². The number of amides is 1. The molecule has 110 valence electrons. The van der Waals surface area contributed by atoms with Crippen LogP contribution in [0, 0.1) is 6.92 Å². The van der Waals surface area contributed by atoms with Crippen LogP contribution in [0.5, 0.6) is 0 Å². The average molecular weight is 277 g/mol. The Balaban J connectivity index is 1.96. The monoisotopic (exact) mass is 277 g/mol. The van der Waals surface area contributed by atoms with Crippen molar-refractivity contribution in [3.63, 3.8) is 0 Å². The molecule has 1 heterocycles. The summed E-state index contributed by atoms with van der Waals surface area (Å²) in [6.07, 6.45) is 0. The van der Waals surface area contributed by atoms with Crippen LogP contribution in [0.15, 0.2) is 18.2 Å². The van der Waals surface area contributed by atoms with Crippen LogP contribution in [-0.4, -0.2) is 42.6 Å². The van der Waals surface area contributed by atoms with E-state index in [1.807, 2.05) is 32.9 Å². The largest absolute Gasteiger partial charge is 0.397 e. The van der Waals surface area contributed by atoms with Crippen LogP contribution >= 0.6 is 0 Å². The van der Waals surface area contributed by atoms with Crippen LogP contribution < -0.4 is 11.1 Å². The first kappa shape index (κ1) is 14.8. The van der Waals surface area contributed by atoms with Crippen molar-refractivity contribution in [1.82, 2.24) is 4.90 Å². The van der Waals surface area contributed by atoms with Gasteiger partial charge in [-0.1, -0.05) is 12.1 Å². The zero-order valence-electron chi connectivity index (χ0n) is 12.4. The van der Waals surface area contributed by atoms with E-state index in [1.165, 1.54) is 0 Å². The van der Waals surface area contributed by atoms with Gasteiger partial charge in [-0.15, -0.1) is 0 Å². The van der Waals surface area contributed by atoms with E-state index in [0.29, 0.717) is 24.5 Å². The highest BCUT2D eigenvalue weighted by atomic mass is 16.5. The number of hydrogen-bond donors (Lipinski definition) is 2. The summed E-state index contributed by atoms with van der Waals surface area (Å²) in [4.78, 5) is 14.3. The molecule has 0 bridgehead atoms. The molecule has 1 fully saturated rings. The van der Waals surface area contributed by atoms with Crippen molar-refractivity contribution in [3.8, 4) is 0 Å². The van der Waals surface area contributed by atoms with Gasteiger partial charge in [-0.2, -0.15) is 0 Å². The highest BCUT2D eigenvalue weighted by Gasteiger charge is 2.28. The van der Waals surface area contributed by atoms with Crippen LogP contribution in [-0.2, 0) is 9.53 Å². The Morgan fingerprint density at radius 3 is 2.90 bits per heavy atom.